The number of nitrogens with one attached hydrogen (secondary N) is 2. The van der Waals surface area contributed by atoms with Crippen LogP contribution in [0.3, 0.4) is 0 Å². The van der Waals surface area contributed by atoms with Gasteiger partial charge in [0.25, 0.3) is 17.7 Å². The van der Waals surface area contributed by atoms with E-state index in [2.05, 4.69) is 45.3 Å². The molecular formula is C27H38N5NaO8S4. The molecule has 244 valence electrons. The maximum atomic E-state index is 12.4. The number of rotatable bonds is 14. The van der Waals surface area contributed by atoms with E-state index in [0.717, 1.165) is 17.1 Å². The number of hydrogen-bond donors (Lipinski definition) is 4. The summed E-state index contributed by atoms with van der Waals surface area (Å²) in [4.78, 5) is 56.7. The molecule has 1 aromatic heterocycles. The van der Waals surface area contributed by atoms with Crippen LogP contribution in [0.5, 0.6) is 0 Å². The smallest absolute Gasteiger partial charge is 0.747 e. The Hall–Kier alpha value is -1.67. The molecule has 18 heteroatoms. The van der Waals surface area contributed by atoms with E-state index in [1.807, 2.05) is 37.3 Å². The first-order chi connectivity index (χ1) is 21.0. The second-order valence-electron chi connectivity index (χ2n) is 8.87. The third kappa shape index (κ3) is 16.1. The monoisotopic (exact) mass is 711 g/mol. The van der Waals surface area contributed by atoms with E-state index in [4.69, 9.17) is 0 Å². The Kier molecular flexibility index (Phi) is 22.7. The molecule has 1 aromatic carbocycles. The third-order valence-corrected chi connectivity index (χ3v) is 9.78. The van der Waals surface area contributed by atoms with Gasteiger partial charge in [0.2, 0.25) is 0 Å². The van der Waals surface area contributed by atoms with Crippen molar-refractivity contribution in [1.29, 1.82) is 0 Å². The van der Waals surface area contributed by atoms with Crippen LogP contribution in [-0.2, 0) is 29.3 Å². The Labute approximate surface area is 299 Å². The van der Waals surface area contributed by atoms with Crippen LogP contribution in [0.15, 0.2) is 53.7 Å². The summed E-state index contributed by atoms with van der Waals surface area (Å²) in [6.07, 6.45) is 2.26. The molecular weight excluding hydrogens is 674 g/mol. The Morgan fingerprint density at radius 2 is 1.80 bits per heavy atom. The number of hydrogen-bond acceptors (Lipinski definition) is 14. The molecule has 4 N–H and O–H groups in total. The Morgan fingerprint density at radius 1 is 1.16 bits per heavy atom. The number of hydroxylamine groups is 2. The zero-order chi connectivity index (χ0) is 33.1. The van der Waals surface area contributed by atoms with Crippen LogP contribution < -0.4 is 45.3 Å². The SMILES string of the molecule is CC(SSc1ccccn1)c1ccc(C(=O)NCCCCCC(=O)ON2C(=O)CC(S(=O)(=O)[O-])C2=O)cc1.CCNS.CN.[Na+]. The van der Waals surface area contributed by atoms with Gasteiger partial charge in [0, 0.05) is 36.5 Å². The van der Waals surface area contributed by atoms with Crippen LogP contribution >= 0.6 is 34.4 Å². The van der Waals surface area contributed by atoms with Gasteiger partial charge in [0.1, 0.15) is 20.4 Å². The zero-order valence-corrected chi connectivity index (χ0v) is 31.0. The molecule has 0 aliphatic carbocycles. The molecule has 1 saturated heterocycles. The molecule has 2 aromatic rings. The van der Waals surface area contributed by atoms with Gasteiger partial charge in [-0.15, -0.1) is 5.06 Å². The fourth-order valence-corrected chi connectivity index (χ4v) is 6.20. The summed E-state index contributed by atoms with van der Waals surface area (Å²) in [5.74, 6) is -3.52. The molecule has 3 rings (SSSR count). The predicted molar refractivity (Wildman–Crippen MR) is 172 cm³/mol. The number of nitrogens with two attached hydrogens (primary N) is 1. The van der Waals surface area contributed by atoms with Crippen LogP contribution in [0.2, 0.25) is 0 Å². The first-order valence-corrected chi connectivity index (χ1v) is 17.7. The van der Waals surface area contributed by atoms with Crippen LogP contribution in [0, 0.1) is 0 Å². The van der Waals surface area contributed by atoms with Crippen LogP contribution in [0.25, 0.3) is 0 Å². The first-order valence-electron chi connectivity index (χ1n) is 13.6. The zero-order valence-electron chi connectivity index (χ0n) is 25.6. The summed E-state index contributed by atoms with van der Waals surface area (Å²) in [5, 5.41) is 1.93. The Morgan fingerprint density at radius 3 is 2.33 bits per heavy atom. The van der Waals surface area contributed by atoms with Crippen molar-refractivity contribution >= 4 is 68.2 Å². The average molecular weight is 712 g/mol. The van der Waals surface area contributed by atoms with Crippen LogP contribution in [-0.4, -0.2) is 72.1 Å². The van der Waals surface area contributed by atoms with Crippen molar-refractivity contribution in [2.45, 2.75) is 61.5 Å². The molecule has 0 spiro atoms. The van der Waals surface area contributed by atoms with Gasteiger partial charge in [-0.25, -0.2) is 18.2 Å². The summed E-state index contributed by atoms with van der Waals surface area (Å²) in [7, 11) is -0.246. The number of unbranched alkanes of at least 4 members (excludes halogenated alkanes) is 2. The van der Waals surface area contributed by atoms with Gasteiger partial charge >= 0.3 is 35.5 Å². The fourth-order valence-electron chi connectivity index (χ4n) is 3.41. The number of aromatic nitrogens is 1. The molecule has 3 amide bonds. The third-order valence-electron chi connectivity index (χ3n) is 5.66. The van der Waals surface area contributed by atoms with Gasteiger partial charge in [-0.3, -0.25) is 19.1 Å². The Bertz CT molecular complexity index is 1310. The van der Waals surface area contributed by atoms with E-state index < -0.39 is 39.6 Å². The first kappa shape index (κ1) is 43.3. The molecule has 2 heterocycles. The van der Waals surface area contributed by atoms with Crippen molar-refractivity contribution in [1.82, 2.24) is 20.1 Å². The molecule has 45 heavy (non-hydrogen) atoms. The minimum Gasteiger partial charge on any atom is -0.747 e. The molecule has 1 fully saturated rings. The van der Waals surface area contributed by atoms with Crippen molar-refractivity contribution in [2.24, 2.45) is 5.73 Å². The largest absolute Gasteiger partial charge is 1.00 e. The van der Waals surface area contributed by atoms with Gasteiger partial charge < -0.3 is 20.4 Å². The minimum absolute atomic E-state index is 0. The quantitative estimate of drug-likeness (QED) is 0.0511. The van der Waals surface area contributed by atoms with Gasteiger partial charge in [0.05, 0.1) is 6.42 Å². The number of amides is 3. The summed E-state index contributed by atoms with van der Waals surface area (Å²) >= 11 is 3.67. The maximum absolute atomic E-state index is 12.4. The summed E-state index contributed by atoms with van der Waals surface area (Å²) in [6.45, 7) is 5.39. The summed E-state index contributed by atoms with van der Waals surface area (Å²) in [6, 6.07) is 13.1. The maximum Gasteiger partial charge on any atom is 1.00 e. The Balaban J connectivity index is 0.00000256. The van der Waals surface area contributed by atoms with E-state index in [-0.39, 0.29) is 52.2 Å². The van der Waals surface area contributed by atoms with E-state index >= 15 is 0 Å². The second kappa shape index (κ2) is 23.6. The van der Waals surface area contributed by atoms with Gasteiger partial charge in [-0.1, -0.05) is 55.2 Å². The standard InChI is InChI=1S/C24H27N3O8S3.C2H7NS.CH5N.Na/c1-16(36-37-20-7-4-6-13-25-20)17-9-11-18(12-10-17)23(30)26-14-5-2-3-8-22(29)35-27-21(28)15-19(24(27)31)38(32,33)34;1-2-3-4;1-2;/h4,6-7,9-13,16,19H,2-3,5,8,14-15H2,1H3,(H,26,30)(H,32,33,34);3-4H,2H2,1H3;2H2,1H3;/q;;;+1/p-1. The second-order valence-corrected chi connectivity index (χ2v) is 13.3. The van der Waals surface area contributed by atoms with E-state index in [1.165, 1.54) is 7.05 Å². The van der Waals surface area contributed by atoms with E-state index in [1.54, 1.807) is 39.9 Å². The number of carbonyl (C=O) groups excluding carboxylic acids is 4. The molecule has 1 aliphatic rings. The molecule has 13 nitrogen and oxygen atoms in total. The van der Waals surface area contributed by atoms with Crippen molar-refractivity contribution < 1.29 is 66.5 Å². The number of thiol groups is 1. The molecule has 0 bridgehead atoms. The van der Waals surface area contributed by atoms with E-state index in [0.29, 0.717) is 31.4 Å². The van der Waals surface area contributed by atoms with E-state index in [9.17, 15) is 32.1 Å². The van der Waals surface area contributed by atoms with Crippen molar-refractivity contribution in [2.75, 3.05) is 20.1 Å². The summed E-state index contributed by atoms with van der Waals surface area (Å²) in [5.41, 5.74) is 6.12. The fraction of sp³-hybridized carbons (Fsp3) is 0.444. The summed E-state index contributed by atoms with van der Waals surface area (Å²) < 4.78 is 35.7. The van der Waals surface area contributed by atoms with Crippen LogP contribution in [0.1, 0.15) is 67.1 Å². The number of pyridine rings is 1. The molecule has 2 unspecified atom stereocenters. The number of nitrogens with zero attached hydrogens (tertiary/aromatic N) is 2. The van der Waals surface area contributed by atoms with Gasteiger partial charge in [-0.05, 0) is 67.4 Å². The number of carbonyl (C=O) groups is 4. The minimum atomic E-state index is -5.02. The molecule has 2 atom stereocenters. The molecule has 0 saturated carbocycles. The molecule has 1 aliphatic heterocycles. The van der Waals surface area contributed by atoms with Crippen LogP contribution in [0.4, 0.5) is 0 Å². The van der Waals surface area contributed by atoms with Gasteiger partial charge in [0.15, 0.2) is 0 Å². The predicted octanol–water partition coefficient (Wildman–Crippen LogP) is 0.0238. The van der Waals surface area contributed by atoms with Crippen molar-refractivity contribution in [3.05, 3.63) is 59.8 Å². The number of benzene rings is 1. The average Bonchev–Trinajstić information content (AvgIpc) is 3.32. The topological polar surface area (TPSA) is 201 Å². The van der Waals surface area contributed by atoms with Crippen molar-refractivity contribution in [3.8, 4) is 0 Å². The van der Waals surface area contributed by atoms with Gasteiger partial charge in [-0.2, -0.15) is 0 Å². The number of imide groups is 1. The molecule has 0 radical (unpaired) electrons. The van der Waals surface area contributed by atoms with Crippen molar-refractivity contribution in [3.63, 3.8) is 0 Å². The normalized spacial score (nSPS) is 14.6.